The van der Waals surface area contributed by atoms with Gasteiger partial charge < -0.3 is 14.7 Å². The molecular formula is C10H23NO2S. The second-order valence-corrected chi connectivity index (χ2v) is 4.66. The van der Waals surface area contributed by atoms with Crippen LogP contribution in [0.2, 0.25) is 0 Å². The van der Waals surface area contributed by atoms with Gasteiger partial charge in [-0.15, -0.1) is 0 Å². The van der Waals surface area contributed by atoms with Gasteiger partial charge in [0.25, 0.3) is 0 Å². The van der Waals surface area contributed by atoms with Gasteiger partial charge in [0.2, 0.25) is 0 Å². The molecule has 0 aromatic carbocycles. The highest BCUT2D eigenvalue weighted by Gasteiger charge is 2.12. The summed E-state index contributed by atoms with van der Waals surface area (Å²) in [5, 5.41) is 9.52. The van der Waals surface area contributed by atoms with E-state index < -0.39 is 0 Å². The van der Waals surface area contributed by atoms with Crippen molar-refractivity contribution >= 4 is 11.8 Å². The molecule has 0 saturated heterocycles. The lowest BCUT2D eigenvalue weighted by molar-refractivity contribution is 0.0356. The molecule has 0 fully saturated rings. The van der Waals surface area contributed by atoms with Crippen LogP contribution in [-0.2, 0) is 4.74 Å². The van der Waals surface area contributed by atoms with Crippen molar-refractivity contribution in [2.45, 2.75) is 25.5 Å². The number of rotatable bonds is 8. The number of aliphatic hydroxyl groups is 1. The van der Waals surface area contributed by atoms with E-state index in [2.05, 4.69) is 18.1 Å². The summed E-state index contributed by atoms with van der Waals surface area (Å²) in [4.78, 5) is 2.18. The first-order valence-electron chi connectivity index (χ1n) is 4.98. The minimum atomic E-state index is -0.373. The summed E-state index contributed by atoms with van der Waals surface area (Å²) in [6.07, 6.45) is 2.91. The van der Waals surface area contributed by atoms with E-state index in [1.165, 1.54) is 5.75 Å². The van der Waals surface area contributed by atoms with E-state index in [0.29, 0.717) is 19.2 Å². The Morgan fingerprint density at radius 3 is 2.64 bits per heavy atom. The van der Waals surface area contributed by atoms with E-state index in [4.69, 9.17) is 4.74 Å². The minimum Gasteiger partial charge on any atom is -0.389 e. The normalized spacial score (nSPS) is 15.9. The van der Waals surface area contributed by atoms with Gasteiger partial charge in [0.05, 0.1) is 12.7 Å². The molecule has 0 aromatic heterocycles. The molecule has 0 aliphatic heterocycles. The molecule has 0 radical (unpaired) electrons. The van der Waals surface area contributed by atoms with Gasteiger partial charge in [-0.2, -0.15) is 11.8 Å². The van der Waals surface area contributed by atoms with Crippen molar-refractivity contribution in [2.24, 2.45) is 0 Å². The molecule has 0 aliphatic carbocycles. The number of nitrogens with zero attached hydrogens (tertiary/aromatic N) is 1. The van der Waals surface area contributed by atoms with E-state index >= 15 is 0 Å². The summed E-state index contributed by atoms with van der Waals surface area (Å²) in [5.74, 6) is 1.17. The first-order valence-corrected chi connectivity index (χ1v) is 6.37. The summed E-state index contributed by atoms with van der Waals surface area (Å²) >= 11 is 1.86. The van der Waals surface area contributed by atoms with Crippen LogP contribution in [0.4, 0.5) is 0 Å². The molecule has 0 rings (SSSR count). The second kappa shape index (κ2) is 8.53. The van der Waals surface area contributed by atoms with E-state index in [0.717, 1.165) is 6.42 Å². The highest BCUT2D eigenvalue weighted by molar-refractivity contribution is 7.98. The smallest absolute Gasteiger partial charge is 0.0900 e. The molecule has 0 heterocycles. The van der Waals surface area contributed by atoms with Crippen LogP contribution in [0.5, 0.6) is 0 Å². The van der Waals surface area contributed by atoms with Crippen molar-refractivity contribution in [2.75, 3.05) is 39.3 Å². The molecule has 0 aromatic rings. The molecule has 14 heavy (non-hydrogen) atoms. The van der Waals surface area contributed by atoms with Gasteiger partial charge in [-0.3, -0.25) is 0 Å². The minimum absolute atomic E-state index is 0.373. The summed E-state index contributed by atoms with van der Waals surface area (Å²) < 4.78 is 4.88. The maximum Gasteiger partial charge on any atom is 0.0900 e. The average Bonchev–Trinajstić information content (AvgIpc) is 2.14. The van der Waals surface area contributed by atoms with Crippen LogP contribution in [-0.4, -0.2) is 61.5 Å². The van der Waals surface area contributed by atoms with E-state index in [9.17, 15) is 5.11 Å². The zero-order chi connectivity index (χ0) is 11.0. The number of ether oxygens (including phenoxy) is 1. The standard InChI is InChI=1S/C10H23NO2S/c1-9(5-6-14-4)11(2)7-10(12)8-13-3/h9-10,12H,5-8H2,1-4H3. The molecule has 0 spiro atoms. The zero-order valence-corrected chi connectivity index (χ0v) is 10.5. The number of hydrogen-bond acceptors (Lipinski definition) is 4. The van der Waals surface area contributed by atoms with Crippen LogP contribution < -0.4 is 0 Å². The van der Waals surface area contributed by atoms with Crippen LogP contribution in [0.25, 0.3) is 0 Å². The lowest BCUT2D eigenvalue weighted by Gasteiger charge is -2.26. The molecule has 0 amide bonds. The van der Waals surface area contributed by atoms with Gasteiger partial charge in [0.15, 0.2) is 0 Å². The Morgan fingerprint density at radius 2 is 2.14 bits per heavy atom. The molecule has 2 atom stereocenters. The Morgan fingerprint density at radius 1 is 1.50 bits per heavy atom. The quantitative estimate of drug-likeness (QED) is 0.664. The molecular weight excluding hydrogens is 198 g/mol. The topological polar surface area (TPSA) is 32.7 Å². The molecule has 0 bridgehead atoms. The average molecular weight is 221 g/mol. The Labute approximate surface area is 91.8 Å². The Bertz CT molecular complexity index is 135. The molecule has 1 N–H and O–H groups in total. The maximum atomic E-state index is 9.52. The van der Waals surface area contributed by atoms with Gasteiger partial charge in [0, 0.05) is 19.7 Å². The molecule has 0 saturated carbocycles. The molecule has 4 heteroatoms. The number of hydrogen-bond donors (Lipinski definition) is 1. The summed E-state index contributed by atoms with van der Waals surface area (Å²) in [6.45, 7) is 3.29. The second-order valence-electron chi connectivity index (χ2n) is 3.68. The Hall–Kier alpha value is 0.230. The number of methoxy groups -OCH3 is 1. The largest absolute Gasteiger partial charge is 0.389 e. The fourth-order valence-electron chi connectivity index (χ4n) is 1.27. The van der Waals surface area contributed by atoms with Crippen molar-refractivity contribution in [3.63, 3.8) is 0 Å². The third-order valence-electron chi connectivity index (χ3n) is 2.35. The van der Waals surface area contributed by atoms with E-state index in [1.807, 2.05) is 18.8 Å². The number of likely N-dealkylation sites (N-methyl/N-ethyl adjacent to an activating group) is 1. The maximum absolute atomic E-state index is 9.52. The molecule has 2 unspecified atom stereocenters. The zero-order valence-electron chi connectivity index (χ0n) is 9.69. The molecule has 0 aliphatic rings. The van der Waals surface area contributed by atoms with E-state index in [-0.39, 0.29) is 6.10 Å². The van der Waals surface area contributed by atoms with Gasteiger partial charge >= 0.3 is 0 Å². The highest BCUT2D eigenvalue weighted by Crippen LogP contribution is 2.06. The van der Waals surface area contributed by atoms with Gasteiger partial charge in [-0.25, -0.2) is 0 Å². The van der Waals surface area contributed by atoms with Crippen molar-refractivity contribution in [3.8, 4) is 0 Å². The van der Waals surface area contributed by atoms with Crippen molar-refractivity contribution in [1.29, 1.82) is 0 Å². The predicted octanol–water partition coefficient (Wildman–Crippen LogP) is 1.07. The van der Waals surface area contributed by atoms with Crippen LogP contribution >= 0.6 is 11.8 Å². The van der Waals surface area contributed by atoms with Gasteiger partial charge in [0.1, 0.15) is 0 Å². The van der Waals surface area contributed by atoms with Crippen molar-refractivity contribution in [3.05, 3.63) is 0 Å². The first-order chi connectivity index (χ1) is 6.61. The third-order valence-corrected chi connectivity index (χ3v) is 2.99. The fraction of sp³-hybridized carbons (Fsp3) is 1.00. The van der Waals surface area contributed by atoms with Crippen LogP contribution in [0.1, 0.15) is 13.3 Å². The highest BCUT2D eigenvalue weighted by atomic mass is 32.2. The van der Waals surface area contributed by atoms with Crippen molar-refractivity contribution < 1.29 is 9.84 Å². The number of thioether (sulfide) groups is 1. The third kappa shape index (κ3) is 6.65. The monoisotopic (exact) mass is 221 g/mol. The summed E-state index contributed by atoms with van der Waals surface area (Å²) in [6, 6.07) is 0.522. The Kier molecular flexibility index (Phi) is 8.67. The van der Waals surface area contributed by atoms with Crippen molar-refractivity contribution in [1.82, 2.24) is 4.90 Å². The lowest BCUT2D eigenvalue weighted by atomic mass is 10.2. The Balaban J connectivity index is 3.64. The summed E-state index contributed by atoms with van der Waals surface area (Å²) in [7, 11) is 3.66. The van der Waals surface area contributed by atoms with Gasteiger partial charge in [-0.1, -0.05) is 0 Å². The lowest BCUT2D eigenvalue weighted by Crippen LogP contribution is -2.37. The molecule has 86 valence electrons. The first kappa shape index (κ1) is 14.2. The SMILES string of the molecule is COCC(O)CN(C)C(C)CCSC. The van der Waals surface area contributed by atoms with Gasteiger partial charge in [-0.05, 0) is 32.4 Å². The molecule has 3 nitrogen and oxygen atoms in total. The van der Waals surface area contributed by atoms with E-state index in [1.54, 1.807) is 7.11 Å². The predicted molar refractivity (Wildman–Crippen MR) is 63.0 cm³/mol. The van der Waals surface area contributed by atoms with Crippen LogP contribution in [0, 0.1) is 0 Å². The summed E-state index contributed by atoms with van der Waals surface area (Å²) in [5.41, 5.74) is 0. The van der Waals surface area contributed by atoms with Crippen LogP contribution in [0.15, 0.2) is 0 Å². The van der Waals surface area contributed by atoms with Crippen LogP contribution in [0.3, 0.4) is 0 Å². The fourth-order valence-corrected chi connectivity index (χ4v) is 1.84. The number of aliphatic hydroxyl groups excluding tert-OH is 1.